The van der Waals surface area contributed by atoms with E-state index in [1.165, 1.54) is 5.56 Å². The van der Waals surface area contributed by atoms with Gasteiger partial charge in [-0.3, -0.25) is 4.79 Å². The van der Waals surface area contributed by atoms with Crippen LogP contribution in [0.3, 0.4) is 0 Å². The van der Waals surface area contributed by atoms with E-state index in [1.807, 2.05) is 12.1 Å². The van der Waals surface area contributed by atoms with Gasteiger partial charge in [0.2, 0.25) is 0 Å². The molecule has 0 heterocycles. The van der Waals surface area contributed by atoms with Gasteiger partial charge in [-0.05, 0) is 69.2 Å². The molecule has 1 aromatic carbocycles. The Morgan fingerprint density at radius 1 is 1.24 bits per heavy atom. The van der Waals surface area contributed by atoms with Crippen molar-refractivity contribution in [3.05, 3.63) is 29.8 Å². The number of aliphatic carboxylic acids is 1. The van der Waals surface area contributed by atoms with Crippen LogP contribution in [0.4, 0.5) is 0 Å². The van der Waals surface area contributed by atoms with Crippen LogP contribution in [-0.4, -0.2) is 28.8 Å². The molecule has 1 aliphatic rings. The monoisotopic (exact) mass is 291 g/mol. The maximum atomic E-state index is 10.9. The van der Waals surface area contributed by atoms with E-state index in [9.17, 15) is 9.90 Å². The first-order chi connectivity index (χ1) is 10.0. The lowest BCUT2D eigenvalue weighted by molar-refractivity contribution is -0.143. The van der Waals surface area contributed by atoms with Crippen LogP contribution in [0, 0.1) is 11.8 Å². The smallest absolute Gasteiger partial charge is 0.306 e. The van der Waals surface area contributed by atoms with Crippen LogP contribution >= 0.6 is 0 Å². The third-order valence-electron chi connectivity index (χ3n) is 4.43. The maximum absolute atomic E-state index is 10.9. The molecule has 1 unspecified atom stereocenters. The Bertz CT molecular complexity index is 450. The maximum Gasteiger partial charge on any atom is 0.306 e. The number of carboxylic acids is 1. The Morgan fingerprint density at radius 3 is 2.43 bits per heavy atom. The number of phenols is 1. The van der Waals surface area contributed by atoms with E-state index in [1.54, 1.807) is 12.1 Å². The lowest BCUT2D eigenvalue weighted by atomic mass is 9.82. The van der Waals surface area contributed by atoms with Gasteiger partial charge in [0.25, 0.3) is 0 Å². The largest absolute Gasteiger partial charge is 0.508 e. The van der Waals surface area contributed by atoms with E-state index < -0.39 is 5.97 Å². The van der Waals surface area contributed by atoms with Crippen molar-refractivity contribution in [1.82, 2.24) is 5.32 Å². The average Bonchev–Trinajstić information content (AvgIpc) is 2.48. The highest BCUT2D eigenvalue weighted by molar-refractivity contribution is 5.69. The molecule has 2 rings (SSSR count). The summed E-state index contributed by atoms with van der Waals surface area (Å²) in [6, 6.07) is 7.72. The summed E-state index contributed by atoms with van der Waals surface area (Å²) in [5, 5.41) is 21.8. The molecule has 4 heteroatoms. The third-order valence-corrected chi connectivity index (χ3v) is 4.43. The fourth-order valence-electron chi connectivity index (χ4n) is 3.04. The summed E-state index contributed by atoms with van der Waals surface area (Å²) in [4.78, 5) is 10.9. The van der Waals surface area contributed by atoms with Gasteiger partial charge in [0.1, 0.15) is 5.75 Å². The van der Waals surface area contributed by atoms with Gasteiger partial charge in [0.05, 0.1) is 5.92 Å². The second-order valence-corrected chi connectivity index (χ2v) is 6.24. The molecule has 1 saturated carbocycles. The molecule has 3 N–H and O–H groups in total. The Morgan fingerprint density at radius 2 is 1.86 bits per heavy atom. The van der Waals surface area contributed by atoms with Crippen LogP contribution in [0.2, 0.25) is 0 Å². The lowest BCUT2D eigenvalue weighted by Gasteiger charge is -2.27. The van der Waals surface area contributed by atoms with Crippen LogP contribution in [0.15, 0.2) is 24.3 Å². The Hall–Kier alpha value is -1.55. The highest BCUT2D eigenvalue weighted by Gasteiger charge is 2.25. The summed E-state index contributed by atoms with van der Waals surface area (Å²) in [6.07, 6.45) is 4.58. The molecule has 0 aromatic heterocycles. The van der Waals surface area contributed by atoms with Crippen LogP contribution in [0.25, 0.3) is 0 Å². The standard InChI is InChI=1S/C17H25NO3/c1-12(10-13-4-8-16(19)9-5-13)18-11-14-2-6-15(7-3-14)17(20)21/h4-5,8-9,12,14-15,18-19H,2-3,6-7,10-11H2,1H3,(H,20,21). The summed E-state index contributed by atoms with van der Waals surface area (Å²) >= 11 is 0. The Labute approximate surface area is 126 Å². The average molecular weight is 291 g/mol. The van der Waals surface area contributed by atoms with Gasteiger partial charge in [-0.1, -0.05) is 12.1 Å². The van der Waals surface area contributed by atoms with E-state index >= 15 is 0 Å². The van der Waals surface area contributed by atoms with Crippen molar-refractivity contribution in [2.75, 3.05) is 6.54 Å². The molecule has 116 valence electrons. The van der Waals surface area contributed by atoms with E-state index in [2.05, 4.69) is 12.2 Å². The first-order valence-electron chi connectivity index (χ1n) is 7.78. The van der Waals surface area contributed by atoms with Gasteiger partial charge in [-0.15, -0.1) is 0 Å². The molecule has 1 aliphatic carbocycles. The summed E-state index contributed by atoms with van der Waals surface area (Å²) in [7, 11) is 0. The van der Waals surface area contributed by atoms with Crippen molar-refractivity contribution >= 4 is 5.97 Å². The molecule has 0 bridgehead atoms. The van der Waals surface area contributed by atoms with Gasteiger partial charge in [0.15, 0.2) is 0 Å². The van der Waals surface area contributed by atoms with Crippen LogP contribution in [0.5, 0.6) is 5.75 Å². The normalized spacial score (nSPS) is 23.7. The van der Waals surface area contributed by atoms with Gasteiger partial charge < -0.3 is 15.5 Å². The highest BCUT2D eigenvalue weighted by Crippen LogP contribution is 2.28. The first kappa shape index (κ1) is 15.8. The highest BCUT2D eigenvalue weighted by atomic mass is 16.4. The molecule has 1 aromatic rings. The van der Waals surface area contributed by atoms with E-state index in [4.69, 9.17) is 5.11 Å². The minimum atomic E-state index is -0.637. The van der Waals surface area contributed by atoms with E-state index in [0.29, 0.717) is 17.7 Å². The molecule has 1 fully saturated rings. The van der Waals surface area contributed by atoms with Crippen molar-refractivity contribution in [1.29, 1.82) is 0 Å². The summed E-state index contributed by atoms with van der Waals surface area (Å²) in [6.45, 7) is 3.13. The number of hydrogen-bond acceptors (Lipinski definition) is 3. The third kappa shape index (κ3) is 5.05. The van der Waals surface area contributed by atoms with Crippen molar-refractivity contribution in [2.45, 2.75) is 45.1 Å². The number of hydrogen-bond donors (Lipinski definition) is 3. The van der Waals surface area contributed by atoms with Crippen molar-refractivity contribution < 1.29 is 15.0 Å². The predicted molar refractivity (Wildman–Crippen MR) is 82.4 cm³/mol. The zero-order valence-corrected chi connectivity index (χ0v) is 12.6. The Balaban J connectivity index is 1.68. The molecule has 4 nitrogen and oxygen atoms in total. The van der Waals surface area contributed by atoms with Gasteiger partial charge >= 0.3 is 5.97 Å². The van der Waals surface area contributed by atoms with Crippen LogP contribution in [0.1, 0.15) is 38.2 Å². The van der Waals surface area contributed by atoms with Crippen molar-refractivity contribution in [3.63, 3.8) is 0 Å². The summed E-state index contributed by atoms with van der Waals surface area (Å²) in [5.41, 5.74) is 1.21. The van der Waals surface area contributed by atoms with Gasteiger partial charge in [-0.25, -0.2) is 0 Å². The van der Waals surface area contributed by atoms with E-state index in [0.717, 1.165) is 38.6 Å². The van der Waals surface area contributed by atoms with E-state index in [-0.39, 0.29) is 5.92 Å². The molecular formula is C17H25NO3. The van der Waals surface area contributed by atoms with Crippen molar-refractivity contribution in [3.8, 4) is 5.75 Å². The number of benzene rings is 1. The zero-order chi connectivity index (χ0) is 15.2. The molecule has 0 saturated heterocycles. The van der Waals surface area contributed by atoms with Gasteiger partial charge in [0, 0.05) is 6.04 Å². The molecule has 1 atom stereocenters. The van der Waals surface area contributed by atoms with Crippen LogP contribution < -0.4 is 5.32 Å². The number of rotatable bonds is 6. The second-order valence-electron chi connectivity index (χ2n) is 6.24. The number of phenolic OH excluding ortho intramolecular Hbond substituents is 1. The number of nitrogens with one attached hydrogen (secondary N) is 1. The quantitative estimate of drug-likeness (QED) is 0.754. The number of aromatic hydroxyl groups is 1. The minimum absolute atomic E-state index is 0.129. The fourth-order valence-corrected chi connectivity index (χ4v) is 3.04. The minimum Gasteiger partial charge on any atom is -0.508 e. The molecular weight excluding hydrogens is 266 g/mol. The zero-order valence-electron chi connectivity index (χ0n) is 12.6. The predicted octanol–water partition coefficient (Wildman–Crippen LogP) is 2.80. The van der Waals surface area contributed by atoms with Crippen molar-refractivity contribution in [2.24, 2.45) is 11.8 Å². The van der Waals surface area contributed by atoms with Gasteiger partial charge in [-0.2, -0.15) is 0 Å². The molecule has 21 heavy (non-hydrogen) atoms. The molecule has 0 amide bonds. The number of carboxylic acid groups (broad SMARTS) is 1. The van der Waals surface area contributed by atoms with Crippen LogP contribution in [-0.2, 0) is 11.2 Å². The first-order valence-corrected chi connectivity index (χ1v) is 7.78. The topological polar surface area (TPSA) is 69.6 Å². The Kier molecular flexibility index (Phi) is 5.62. The lowest BCUT2D eigenvalue weighted by Crippen LogP contribution is -2.34. The summed E-state index contributed by atoms with van der Waals surface area (Å²) in [5.74, 6) is 0.134. The molecule has 0 spiro atoms. The fraction of sp³-hybridized carbons (Fsp3) is 0.588. The second kappa shape index (κ2) is 7.46. The SMILES string of the molecule is CC(Cc1ccc(O)cc1)NCC1CCC(C(=O)O)CC1. The summed E-state index contributed by atoms with van der Waals surface area (Å²) < 4.78 is 0. The number of carbonyl (C=O) groups is 1. The molecule has 0 radical (unpaired) electrons. The molecule has 0 aliphatic heterocycles.